The molecule has 0 fully saturated rings. The smallest absolute Gasteiger partial charge is 0.0567 e. The summed E-state index contributed by atoms with van der Waals surface area (Å²) in [6.45, 7) is 6.19. The van der Waals surface area contributed by atoms with E-state index in [2.05, 4.69) is 11.6 Å². The molecule has 0 aromatic rings. The number of rotatable bonds is 3. The highest BCUT2D eigenvalue weighted by molar-refractivity contribution is 5.70. The Morgan fingerprint density at radius 3 is 2.88 bits per heavy atom. The van der Waals surface area contributed by atoms with Crippen LogP contribution in [0.15, 0.2) is 29.8 Å². The predicted molar refractivity (Wildman–Crippen MR) is 38.4 cm³/mol. The van der Waals surface area contributed by atoms with Gasteiger partial charge in [0.25, 0.3) is 0 Å². The monoisotopic (exact) mass is 109 g/mol. The van der Waals surface area contributed by atoms with Crippen molar-refractivity contribution in [1.29, 1.82) is 0 Å². The normalized spacial score (nSPS) is 11.1. The number of allylic oxidation sites excluding steroid dienone is 2. The van der Waals surface area contributed by atoms with Gasteiger partial charge in [0.05, 0.1) is 6.54 Å². The highest BCUT2D eigenvalue weighted by atomic mass is 14.7. The molecular weight excluding hydrogens is 98.1 g/mol. The van der Waals surface area contributed by atoms with Crippen LogP contribution in [0.2, 0.25) is 0 Å². The second-order valence-electron chi connectivity index (χ2n) is 1.33. The molecule has 0 aliphatic heterocycles. The Morgan fingerprint density at radius 1 is 1.62 bits per heavy atom. The number of aliphatic imine (C=N–C) groups is 1. The van der Waals surface area contributed by atoms with E-state index < -0.39 is 0 Å². The van der Waals surface area contributed by atoms with Crippen molar-refractivity contribution in [1.82, 2.24) is 0 Å². The van der Waals surface area contributed by atoms with Crippen molar-refractivity contribution in [2.75, 3.05) is 6.54 Å². The second kappa shape index (κ2) is 6.15. The summed E-state index contributed by atoms with van der Waals surface area (Å²) in [4.78, 5) is 3.95. The molecule has 0 bridgehead atoms. The number of hydrogen-bond acceptors (Lipinski definition) is 1. The maximum atomic E-state index is 3.95. The van der Waals surface area contributed by atoms with Gasteiger partial charge in [0.1, 0.15) is 0 Å². The average molecular weight is 109 g/mol. The zero-order valence-electron chi connectivity index (χ0n) is 5.17. The standard InChI is InChI=1S/C7H11N/c1-3-5-7-8-6-4-2/h3-5,7H,2,6H2,1H3. The average Bonchev–Trinajstić information content (AvgIpc) is 1.81. The van der Waals surface area contributed by atoms with E-state index in [4.69, 9.17) is 0 Å². The van der Waals surface area contributed by atoms with Gasteiger partial charge in [-0.1, -0.05) is 12.2 Å². The first-order valence-electron chi connectivity index (χ1n) is 2.63. The molecule has 0 amide bonds. The van der Waals surface area contributed by atoms with Crippen molar-refractivity contribution >= 4 is 6.21 Å². The van der Waals surface area contributed by atoms with E-state index >= 15 is 0 Å². The van der Waals surface area contributed by atoms with Gasteiger partial charge in [-0.2, -0.15) is 0 Å². The molecule has 0 unspecified atom stereocenters. The first-order chi connectivity index (χ1) is 3.91. The maximum Gasteiger partial charge on any atom is 0.0567 e. The van der Waals surface area contributed by atoms with Crippen LogP contribution < -0.4 is 0 Å². The molecule has 0 aliphatic rings. The van der Waals surface area contributed by atoms with E-state index in [1.807, 2.05) is 19.1 Å². The zero-order chi connectivity index (χ0) is 6.24. The van der Waals surface area contributed by atoms with E-state index in [0.717, 1.165) is 0 Å². The van der Waals surface area contributed by atoms with Gasteiger partial charge >= 0.3 is 0 Å². The Balaban J connectivity index is 3.19. The molecule has 0 rings (SSSR count). The largest absolute Gasteiger partial charge is 0.289 e. The number of nitrogens with zero attached hydrogens (tertiary/aromatic N) is 1. The van der Waals surface area contributed by atoms with Crippen molar-refractivity contribution in [3.63, 3.8) is 0 Å². The van der Waals surface area contributed by atoms with E-state index in [-0.39, 0.29) is 0 Å². The Hall–Kier alpha value is -0.850. The lowest BCUT2D eigenvalue weighted by atomic mass is 10.5. The van der Waals surface area contributed by atoms with Crippen molar-refractivity contribution in [2.45, 2.75) is 6.92 Å². The van der Waals surface area contributed by atoms with E-state index in [1.54, 1.807) is 12.3 Å². The molecule has 1 nitrogen and oxygen atoms in total. The Kier molecular flexibility index (Phi) is 5.50. The molecule has 0 heterocycles. The molecule has 44 valence electrons. The Bertz CT molecular complexity index is 101. The molecule has 0 radical (unpaired) electrons. The first-order valence-corrected chi connectivity index (χ1v) is 2.63. The highest BCUT2D eigenvalue weighted by Crippen LogP contribution is 1.69. The lowest BCUT2D eigenvalue weighted by Crippen LogP contribution is -1.69. The van der Waals surface area contributed by atoms with Gasteiger partial charge in [0.15, 0.2) is 0 Å². The minimum Gasteiger partial charge on any atom is -0.289 e. The van der Waals surface area contributed by atoms with Crippen LogP contribution in [0.1, 0.15) is 6.92 Å². The fraction of sp³-hybridized carbons (Fsp3) is 0.286. The van der Waals surface area contributed by atoms with E-state index in [0.29, 0.717) is 6.54 Å². The molecular formula is C7H11N. The first kappa shape index (κ1) is 7.15. The van der Waals surface area contributed by atoms with Crippen LogP contribution in [0, 0.1) is 0 Å². The molecule has 0 aliphatic carbocycles. The van der Waals surface area contributed by atoms with Crippen molar-refractivity contribution in [3.05, 3.63) is 24.8 Å². The summed E-state index contributed by atoms with van der Waals surface area (Å²) in [6.07, 6.45) is 7.36. The third kappa shape index (κ3) is 5.15. The van der Waals surface area contributed by atoms with Gasteiger partial charge < -0.3 is 0 Å². The Morgan fingerprint density at radius 2 is 2.38 bits per heavy atom. The molecule has 0 atom stereocenters. The maximum absolute atomic E-state index is 3.95. The molecule has 0 saturated heterocycles. The fourth-order valence-electron chi connectivity index (χ4n) is 0.282. The van der Waals surface area contributed by atoms with Gasteiger partial charge in [-0.3, -0.25) is 4.99 Å². The lowest BCUT2D eigenvalue weighted by molar-refractivity contribution is 1.27. The van der Waals surface area contributed by atoms with Crippen molar-refractivity contribution in [3.8, 4) is 0 Å². The van der Waals surface area contributed by atoms with Gasteiger partial charge in [0, 0.05) is 6.21 Å². The van der Waals surface area contributed by atoms with Crippen LogP contribution in [0.5, 0.6) is 0 Å². The molecule has 8 heavy (non-hydrogen) atoms. The second-order valence-corrected chi connectivity index (χ2v) is 1.33. The molecule has 0 N–H and O–H groups in total. The topological polar surface area (TPSA) is 12.4 Å². The summed E-state index contributed by atoms with van der Waals surface area (Å²) < 4.78 is 0. The van der Waals surface area contributed by atoms with E-state index in [9.17, 15) is 0 Å². The molecule has 0 aromatic heterocycles. The summed E-state index contributed by atoms with van der Waals surface area (Å²) in [5.41, 5.74) is 0. The zero-order valence-corrected chi connectivity index (χ0v) is 5.17. The van der Waals surface area contributed by atoms with Crippen LogP contribution >= 0.6 is 0 Å². The third-order valence-corrected chi connectivity index (χ3v) is 0.618. The summed E-state index contributed by atoms with van der Waals surface area (Å²) in [6, 6.07) is 0. The van der Waals surface area contributed by atoms with Crippen molar-refractivity contribution in [2.24, 2.45) is 4.99 Å². The molecule has 1 heteroatoms. The summed E-state index contributed by atoms with van der Waals surface area (Å²) in [7, 11) is 0. The van der Waals surface area contributed by atoms with Gasteiger partial charge in [-0.05, 0) is 13.0 Å². The molecule has 0 aromatic carbocycles. The third-order valence-electron chi connectivity index (χ3n) is 0.618. The quantitative estimate of drug-likeness (QED) is 0.387. The summed E-state index contributed by atoms with van der Waals surface area (Å²) in [5, 5.41) is 0. The Labute approximate surface area is 50.4 Å². The summed E-state index contributed by atoms with van der Waals surface area (Å²) >= 11 is 0. The highest BCUT2D eigenvalue weighted by Gasteiger charge is 1.61. The van der Waals surface area contributed by atoms with Crippen LogP contribution in [-0.4, -0.2) is 12.8 Å². The van der Waals surface area contributed by atoms with Crippen LogP contribution in [-0.2, 0) is 0 Å². The minimum absolute atomic E-state index is 0.713. The van der Waals surface area contributed by atoms with Crippen LogP contribution in [0.4, 0.5) is 0 Å². The van der Waals surface area contributed by atoms with Crippen LogP contribution in [0.3, 0.4) is 0 Å². The number of hydrogen-bond donors (Lipinski definition) is 0. The van der Waals surface area contributed by atoms with Gasteiger partial charge in [-0.15, -0.1) is 6.58 Å². The SMILES string of the molecule is C=CCN=CC=CC. The molecule has 0 saturated carbocycles. The van der Waals surface area contributed by atoms with Gasteiger partial charge in [-0.25, -0.2) is 0 Å². The predicted octanol–water partition coefficient (Wildman–Crippen LogP) is 1.82. The van der Waals surface area contributed by atoms with E-state index in [1.165, 1.54) is 0 Å². The fourth-order valence-corrected chi connectivity index (χ4v) is 0.282. The summed E-state index contributed by atoms with van der Waals surface area (Å²) in [5.74, 6) is 0. The van der Waals surface area contributed by atoms with Crippen molar-refractivity contribution < 1.29 is 0 Å². The van der Waals surface area contributed by atoms with Crippen LogP contribution in [0.25, 0.3) is 0 Å². The molecule has 0 spiro atoms. The lowest BCUT2D eigenvalue weighted by Gasteiger charge is -1.74. The van der Waals surface area contributed by atoms with Gasteiger partial charge in [0.2, 0.25) is 0 Å². The minimum atomic E-state index is 0.713.